The lowest BCUT2D eigenvalue weighted by atomic mass is 10.1. The molecule has 0 unspecified atom stereocenters. The zero-order chi connectivity index (χ0) is 9.40. The van der Waals surface area contributed by atoms with Gasteiger partial charge in [-0.1, -0.05) is 31.9 Å². The third-order valence-electron chi connectivity index (χ3n) is 2.05. The molecule has 0 aliphatic rings. The molecule has 0 radical (unpaired) electrons. The van der Waals surface area contributed by atoms with Crippen LogP contribution in [0.3, 0.4) is 0 Å². The van der Waals surface area contributed by atoms with E-state index in [1.165, 1.54) is 31.3 Å². The van der Waals surface area contributed by atoms with Gasteiger partial charge in [0.05, 0.1) is 0 Å². The van der Waals surface area contributed by atoms with Crippen molar-refractivity contribution in [2.24, 2.45) is 0 Å². The maximum Gasteiger partial charge on any atom is 0.00124 e. The topological polar surface area (TPSA) is 3.24 Å². The van der Waals surface area contributed by atoms with E-state index in [1.807, 2.05) is 0 Å². The minimum atomic E-state index is 1.14. The Morgan fingerprint density at radius 3 is 2.33 bits per heavy atom. The SMILES string of the molecule is C=C(CCCCC)CCN(C)C. The molecule has 0 amide bonds. The van der Waals surface area contributed by atoms with Crippen LogP contribution in [0.2, 0.25) is 0 Å². The molecule has 1 nitrogen and oxygen atoms in total. The first-order chi connectivity index (χ1) is 5.66. The molecule has 0 aliphatic heterocycles. The van der Waals surface area contributed by atoms with Gasteiger partial charge in [-0.3, -0.25) is 0 Å². The smallest absolute Gasteiger partial charge is 0.00124 e. The summed E-state index contributed by atoms with van der Waals surface area (Å²) in [6, 6.07) is 0. The van der Waals surface area contributed by atoms with E-state index < -0.39 is 0 Å². The highest BCUT2D eigenvalue weighted by molar-refractivity contribution is 4.94. The number of hydrogen-bond donors (Lipinski definition) is 0. The van der Waals surface area contributed by atoms with Crippen LogP contribution in [-0.4, -0.2) is 25.5 Å². The van der Waals surface area contributed by atoms with Gasteiger partial charge < -0.3 is 4.90 Å². The van der Waals surface area contributed by atoms with Crippen LogP contribution >= 0.6 is 0 Å². The van der Waals surface area contributed by atoms with Gasteiger partial charge in [-0.05, 0) is 33.4 Å². The largest absolute Gasteiger partial charge is 0.309 e. The zero-order valence-corrected chi connectivity index (χ0v) is 8.90. The molecule has 0 heterocycles. The summed E-state index contributed by atoms with van der Waals surface area (Å²) in [5.74, 6) is 0. The van der Waals surface area contributed by atoms with E-state index in [-0.39, 0.29) is 0 Å². The van der Waals surface area contributed by atoms with Crippen LogP contribution in [0, 0.1) is 0 Å². The fraction of sp³-hybridized carbons (Fsp3) is 0.818. The molecule has 0 bridgehead atoms. The average molecular weight is 169 g/mol. The molecule has 0 saturated carbocycles. The Morgan fingerprint density at radius 2 is 1.83 bits per heavy atom. The Balaban J connectivity index is 3.22. The maximum atomic E-state index is 4.07. The van der Waals surface area contributed by atoms with Gasteiger partial charge in [-0.25, -0.2) is 0 Å². The lowest BCUT2D eigenvalue weighted by Gasteiger charge is -2.10. The molecule has 0 aromatic rings. The van der Waals surface area contributed by atoms with Crippen molar-refractivity contribution in [1.29, 1.82) is 0 Å². The molecule has 0 saturated heterocycles. The minimum absolute atomic E-state index is 1.14. The van der Waals surface area contributed by atoms with Gasteiger partial charge in [0.25, 0.3) is 0 Å². The van der Waals surface area contributed by atoms with Crippen LogP contribution < -0.4 is 0 Å². The van der Waals surface area contributed by atoms with Gasteiger partial charge >= 0.3 is 0 Å². The second-order valence-corrected chi connectivity index (χ2v) is 3.76. The molecule has 1 heteroatoms. The molecule has 0 rings (SSSR count). The van der Waals surface area contributed by atoms with Crippen molar-refractivity contribution in [2.75, 3.05) is 20.6 Å². The Kier molecular flexibility index (Phi) is 7.17. The van der Waals surface area contributed by atoms with Crippen molar-refractivity contribution in [2.45, 2.75) is 39.0 Å². The van der Waals surface area contributed by atoms with E-state index in [0.717, 1.165) is 13.0 Å². The summed E-state index contributed by atoms with van der Waals surface area (Å²) >= 11 is 0. The fourth-order valence-corrected chi connectivity index (χ4v) is 1.13. The van der Waals surface area contributed by atoms with Gasteiger partial charge in [0.15, 0.2) is 0 Å². The second-order valence-electron chi connectivity index (χ2n) is 3.76. The van der Waals surface area contributed by atoms with Crippen LogP contribution in [0.25, 0.3) is 0 Å². The summed E-state index contributed by atoms with van der Waals surface area (Å²) in [4.78, 5) is 2.21. The lowest BCUT2D eigenvalue weighted by molar-refractivity contribution is 0.410. The quantitative estimate of drug-likeness (QED) is 0.418. The number of hydrogen-bond acceptors (Lipinski definition) is 1. The average Bonchev–Trinajstić information content (AvgIpc) is 2.01. The van der Waals surface area contributed by atoms with Crippen LogP contribution in [0.15, 0.2) is 12.2 Å². The molecule has 0 aliphatic carbocycles. The number of nitrogens with zero attached hydrogens (tertiary/aromatic N) is 1. The van der Waals surface area contributed by atoms with Crippen molar-refractivity contribution in [3.63, 3.8) is 0 Å². The standard InChI is InChI=1S/C11H23N/c1-5-6-7-8-11(2)9-10-12(3)4/h2,5-10H2,1,3-4H3. The van der Waals surface area contributed by atoms with Crippen molar-refractivity contribution in [3.8, 4) is 0 Å². The summed E-state index contributed by atoms with van der Waals surface area (Å²) in [5.41, 5.74) is 1.41. The Hall–Kier alpha value is -0.300. The van der Waals surface area contributed by atoms with E-state index in [1.54, 1.807) is 0 Å². The first kappa shape index (κ1) is 11.7. The van der Waals surface area contributed by atoms with E-state index >= 15 is 0 Å². The van der Waals surface area contributed by atoms with E-state index in [4.69, 9.17) is 0 Å². The predicted octanol–water partition coefficient (Wildman–Crippen LogP) is 3.07. The van der Waals surface area contributed by atoms with E-state index in [2.05, 4.69) is 32.5 Å². The predicted molar refractivity (Wildman–Crippen MR) is 56.5 cm³/mol. The third-order valence-corrected chi connectivity index (χ3v) is 2.05. The first-order valence-corrected chi connectivity index (χ1v) is 4.98. The van der Waals surface area contributed by atoms with Crippen LogP contribution in [0.4, 0.5) is 0 Å². The van der Waals surface area contributed by atoms with Crippen molar-refractivity contribution in [3.05, 3.63) is 12.2 Å². The molecule has 72 valence electrons. The van der Waals surface area contributed by atoms with Crippen molar-refractivity contribution < 1.29 is 0 Å². The highest BCUT2D eigenvalue weighted by Crippen LogP contribution is 2.10. The van der Waals surface area contributed by atoms with Crippen molar-refractivity contribution >= 4 is 0 Å². The van der Waals surface area contributed by atoms with Gasteiger partial charge in [0, 0.05) is 6.54 Å². The second kappa shape index (κ2) is 7.35. The van der Waals surface area contributed by atoms with Crippen LogP contribution in [0.1, 0.15) is 39.0 Å². The van der Waals surface area contributed by atoms with Crippen molar-refractivity contribution in [1.82, 2.24) is 4.90 Å². The summed E-state index contributed by atoms with van der Waals surface area (Å²) in [6.45, 7) is 7.45. The third kappa shape index (κ3) is 7.80. The summed E-state index contributed by atoms with van der Waals surface area (Å²) in [7, 11) is 4.22. The zero-order valence-electron chi connectivity index (χ0n) is 8.90. The Labute approximate surface area is 77.5 Å². The van der Waals surface area contributed by atoms with Crippen LogP contribution in [-0.2, 0) is 0 Å². The van der Waals surface area contributed by atoms with Gasteiger partial charge in [0.1, 0.15) is 0 Å². The molecule has 12 heavy (non-hydrogen) atoms. The Morgan fingerprint density at radius 1 is 1.17 bits per heavy atom. The van der Waals surface area contributed by atoms with E-state index in [9.17, 15) is 0 Å². The summed E-state index contributed by atoms with van der Waals surface area (Å²) in [6.07, 6.45) is 6.36. The summed E-state index contributed by atoms with van der Waals surface area (Å²) < 4.78 is 0. The van der Waals surface area contributed by atoms with Gasteiger partial charge in [-0.2, -0.15) is 0 Å². The molecule has 0 atom stereocenters. The molecular weight excluding hydrogens is 146 g/mol. The fourth-order valence-electron chi connectivity index (χ4n) is 1.13. The number of rotatable bonds is 7. The molecule has 0 N–H and O–H groups in total. The number of unbranched alkanes of at least 4 members (excludes halogenated alkanes) is 2. The maximum absolute atomic E-state index is 4.07. The highest BCUT2D eigenvalue weighted by Gasteiger charge is 1.95. The van der Waals surface area contributed by atoms with E-state index in [0.29, 0.717) is 0 Å². The first-order valence-electron chi connectivity index (χ1n) is 4.98. The van der Waals surface area contributed by atoms with Crippen LogP contribution in [0.5, 0.6) is 0 Å². The normalized spacial score (nSPS) is 10.7. The molecule has 0 fully saturated rings. The lowest BCUT2D eigenvalue weighted by Crippen LogP contribution is -2.13. The summed E-state index contributed by atoms with van der Waals surface area (Å²) in [5, 5.41) is 0. The minimum Gasteiger partial charge on any atom is -0.309 e. The molecule has 0 aromatic carbocycles. The molecular formula is C11H23N. The van der Waals surface area contributed by atoms with Gasteiger partial charge in [-0.15, -0.1) is 0 Å². The Bertz CT molecular complexity index is 116. The molecule has 0 aromatic heterocycles. The highest BCUT2D eigenvalue weighted by atomic mass is 15.0. The molecule has 0 spiro atoms. The monoisotopic (exact) mass is 169 g/mol. The van der Waals surface area contributed by atoms with Gasteiger partial charge in [0.2, 0.25) is 0 Å².